The molecule has 0 amide bonds. The smallest absolute Gasteiger partial charge is 0.301 e. The second-order valence-electron chi connectivity index (χ2n) is 4.79. The van der Waals surface area contributed by atoms with E-state index in [2.05, 4.69) is 10.2 Å². The average molecular weight is 249 g/mol. The molecule has 0 aliphatic carbocycles. The van der Waals surface area contributed by atoms with Crippen molar-refractivity contribution in [3.8, 4) is 6.07 Å². The zero-order chi connectivity index (χ0) is 13.1. The van der Waals surface area contributed by atoms with Gasteiger partial charge in [0.25, 0.3) is 0 Å². The third-order valence-electron chi connectivity index (χ3n) is 3.22. The summed E-state index contributed by atoms with van der Waals surface area (Å²) in [6, 6.07) is 2.38. The first kappa shape index (κ1) is 14.3. The number of alkyl halides is 3. The van der Waals surface area contributed by atoms with E-state index in [1.807, 2.05) is 19.9 Å². The van der Waals surface area contributed by atoms with Crippen LogP contribution >= 0.6 is 0 Å². The number of likely N-dealkylation sites (tertiary alicyclic amines) is 1. The van der Waals surface area contributed by atoms with Crippen molar-refractivity contribution in [1.29, 1.82) is 5.26 Å². The molecule has 1 aliphatic heterocycles. The molecule has 0 aromatic rings. The molecule has 3 nitrogen and oxygen atoms in total. The van der Waals surface area contributed by atoms with Gasteiger partial charge in [0.15, 0.2) is 0 Å². The summed E-state index contributed by atoms with van der Waals surface area (Å²) in [4.78, 5) is 2.17. The van der Waals surface area contributed by atoms with Crippen molar-refractivity contribution in [2.75, 3.05) is 19.6 Å². The Morgan fingerprint density at radius 2 is 1.88 bits per heavy atom. The lowest BCUT2D eigenvalue weighted by atomic mass is 9.88. The number of hydrogen-bond acceptors (Lipinski definition) is 3. The minimum Gasteiger partial charge on any atom is -0.301 e. The fourth-order valence-electron chi connectivity index (χ4n) is 2.02. The highest BCUT2D eigenvalue weighted by Gasteiger charge is 2.38. The fraction of sp³-hybridized carbons (Fsp3) is 0.909. The molecule has 0 unspecified atom stereocenters. The van der Waals surface area contributed by atoms with Crippen molar-refractivity contribution in [3.63, 3.8) is 0 Å². The van der Waals surface area contributed by atoms with Crippen LogP contribution in [0.15, 0.2) is 0 Å². The van der Waals surface area contributed by atoms with Gasteiger partial charge in [0.1, 0.15) is 5.54 Å². The van der Waals surface area contributed by atoms with Crippen LogP contribution in [0.3, 0.4) is 0 Å². The summed E-state index contributed by atoms with van der Waals surface area (Å²) < 4.78 is 36.4. The van der Waals surface area contributed by atoms with Crippen LogP contribution in [-0.4, -0.2) is 42.3 Å². The fourth-order valence-corrected chi connectivity index (χ4v) is 2.02. The number of halogens is 3. The van der Waals surface area contributed by atoms with Crippen LogP contribution in [0.5, 0.6) is 0 Å². The summed E-state index contributed by atoms with van der Waals surface area (Å²) in [6.07, 6.45) is -3.38. The van der Waals surface area contributed by atoms with Gasteiger partial charge in [-0.3, -0.25) is 5.32 Å². The number of hydrogen-bond donors (Lipinski definition) is 1. The molecule has 0 atom stereocenters. The Hall–Kier alpha value is -0.800. The molecule has 1 fully saturated rings. The van der Waals surface area contributed by atoms with Gasteiger partial charge in [-0.1, -0.05) is 0 Å². The maximum Gasteiger partial charge on any atom is 0.401 e. The van der Waals surface area contributed by atoms with E-state index >= 15 is 0 Å². The maximum absolute atomic E-state index is 12.1. The normalized spacial score (nSPS) is 21.5. The number of nitrogens with one attached hydrogen (secondary N) is 1. The van der Waals surface area contributed by atoms with Gasteiger partial charge < -0.3 is 4.90 Å². The van der Waals surface area contributed by atoms with Crippen molar-refractivity contribution >= 4 is 0 Å². The highest BCUT2D eigenvalue weighted by Crippen LogP contribution is 2.24. The lowest BCUT2D eigenvalue weighted by Crippen LogP contribution is -2.55. The Bertz CT molecular complexity index is 285. The van der Waals surface area contributed by atoms with Crippen LogP contribution in [0.2, 0.25) is 0 Å². The van der Waals surface area contributed by atoms with Gasteiger partial charge >= 0.3 is 6.18 Å². The SMILES string of the molecule is CC(C)N1CCC(C#N)(NCC(F)(F)F)CC1. The Balaban J connectivity index is 2.53. The zero-order valence-corrected chi connectivity index (χ0v) is 10.1. The van der Waals surface area contributed by atoms with E-state index in [-0.39, 0.29) is 0 Å². The predicted octanol–water partition coefficient (Wildman–Crippen LogP) is 1.90. The molecule has 0 radical (unpaired) electrons. The van der Waals surface area contributed by atoms with Crippen molar-refractivity contribution in [2.24, 2.45) is 0 Å². The number of nitriles is 1. The minimum atomic E-state index is -4.26. The lowest BCUT2D eigenvalue weighted by Gasteiger charge is -2.39. The van der Waals surface area contributed by atoms with E-state index < -0.39 is 18.3 Å². The van der Waals surface area contributed by atoms with Crippen molar-refractivity contribution in [2.45, 2.75) is 44.4 Å². The van der Waals surface area contributed by atoms with Gasteiger partial charge in [-0.25, -0.2) is 0 Å². The summed E-state index contributed by atoms with van der Waals surface area (Å²) >= 11 is 0. The van der Waals surface area contributed by atoms with Crippen molar-refractivity contribution in [3.05, 3.63) is 0 Å². The minimum absolute atomic E-state index is 0.370. The van der Waals surface area contributed by atoms with Gasteiger partial charge in [-0.05, 0) is 26.7 Å². The zero-order valence-electron chi connectivity index (χ0n) is 10.1. The quantitative estimate of drug-likeness (QED) is 0.830. The van der Waals surface area contributed by atoms with Gasteiger partial charge in [0.2, 0.25) is 0 Å². The molecule has 0 bridgehead atoms. The molecule has 17 heavy (non-hydrogen) atoms. The van der Waals surface area contributed by atoms with Gasteiger partial charge in [0, 0.05) is 19.1 Å². The van der Waals surface area contributed by atoms with E-state index in [4.69, 9.17) is 5.26 Å². The van der Waals surface area contributed by atoms with Crippen LogP contribution in [0.1, 0.15) is 26.7 Å². The topological polar surface area (TPSA) is 39.1 Å². The highest BCUT2D eigenvalue weighted by molar-refractivity contribution is 5.10. The van der Waals surface area contributed by atoms with Crippen molar-refractivity contribution < 1.29 is 13.2 Å². The Morgan fingerprint density at radius 1 is 1.35 bits per heavy atom. The summed E-state index contributed by atoms with van der Waals surface area (Å²) in [5, 5.41) is 11.4. The van der Waals surface area contributed by atoms with Crippen molar-refractivity contribution in [1.82, 2.24) is 10.2 Å². The van der Waals surface area contributed by atoms with Crippen LogP contribution in [-0.2, 0) is 0 Å². The van der Waals surface area contributed by atoms with Crippen LogP contribution < -0.4 is 5.32 Å². The largest absolute Gasteiger partial charge is 0.401 e. The van der Waals surface area contributed by atoms with E-state index in [9.17, 15) is 13.2 Å². The second kappa shape index (κ2) is 5.23. The standard InChI is InChI=1S/C11H18F3N3/c1-9(2)17-5-3-10(7-15,4-6-17)16-8-11(12,13)14/h9,16H,3-6,8H2,1-2H3. The summed E-state index contributed by atoms with van der Waals surface area (Å²) in [6.45, 7) is 4.32. The molecule has 1 saturated heterocycles. The van der Waals surface area contributed by atoms with E-state index in [1.165, 1.54) is 0 Å². The molecule has 98 valence electrons. The van der Waals surface area contributed by atoms with Gasteiger partial charge in [-0.2, -0.15) is 18.4 Å². The van der Waals surface area contributed by atoms with Crippen LogP contribution in [0.4, 0.5) is 13.2 Å². The molecule has 1 heterocycles. The van der Waals surface area contributed by atoms with E-state index in [1.54, 1.807) is 0 Å². The maximum atomic E-state index is 12.1. The third-order valence-corrected chi connectivity index (χ3v) is 3.22. The predicted molar refractivity (Wildman–Crippen MR) is 58.3 cm³/mol. The first-order valence-electron chi connectivity index (χ1n) is 5.75. The molecular weight excluding hydrogens is 231 g/mol. The molecule has 1 N–H and O–H groups in total. The number of rotatable bonds is 3. The monoisotopic (exact) mass is 249 g/mol. The molecule has 0 aromatic carbocycles. The Labute approximate surface area is 99.6 Å². The van der Waals surface area contributed by atoms with Crippen LogP contribution in [0, 0.1) is 11.3 Å². The molecule has 0 spiro atoms. The molecule has 1 rings (SSSR count). The summed E-state index contributed by atoms with van der Waals surface area (Å²) in [5.41, 5.74) is -1.01. The molecule has 0 aromatic heterocycles. The highest BCUT2D eigenvalue weighted by atomic mass is 19.4. The third kappa shape index (κ3) is 4.17. The molecule has 0 saturated carbocycles. The second-order valence-corrected chi connectivity index (χ2v) is 4.79. The first-order chi connectivity index (χ1) is 7.78. The lowest BCUT2D eigenvalue weighted by molar-refractivity contribution is -0.128. The Morgan fingerprint density at radius 3 is 2.24 bits per heavy atom. The molecular formula is C11H18F3N3. The summed E-state index contributed by atoms with van der Waals surface area (Å²) in [7, 11) is 0. The Kier molecular flexibility index (Phi) is 4.39. The molecule has 6 heteroatoms. The number of nitrogens with zero attached hydrogens (tertiary/aromatic N) is 2. The average Bonchev–Trinajstić information content (AvgIpc) is 2.26. The number of piperidine rings is 1. The van der Waals surface area contributed by atoms with Crippen LogP contribution in [0.25, 0.3) is 0 Å². The summed E-state index contributed by atoms with van der Waals surface area (Å²) in [5.74, 6) is 0. The van der Waals surface area contributed by atoms with Gasteiger partial charge in [-0.15, -0.1) is 0 Å². The van der Waals surface area contributed by atoms with Gasteiger partial charge in [0.05, 0.1) is 12.6 Å². The molecule has 1 aliphatic rings. The van der Waals surface area contributed by atoms with E-state index in [0.29, 0.717) is 32.0 Å². The van der Waals surface area contributed by atoms with E-state index in [0.717, 1.165) is 0 Å². The first-order valence-corrected chi connectivity index (χ1v) is 5.75.